The Balaban J connectivity index is 2.11. The molecule has 0 atom stereocenters. The van der Waals surface area contributed by atoms with Gasteiger partial charge in [-0.15, -0.1) is 11.6 Å². The van der Waals surface area contributed by atoms with Gasteiger partial charge in [0.25, 0.3) is 0 Å². The maximum atomic E-state index is 11.2. The highest BCUT2D eigenvalue weighted by Crippen LogP contribution is 2.43. The van der Waals surface area contributed by atoms with Crippen molar-refractivity contribution in [2.45, 2.75) is 24.7 Å². The predicted molar refractivity (Wildman–Crippen MR) is 70.7 cm³/mol. The number of benzene rings is 1. The molecule has 1 N–H and O–H groups in total. The SMILES string of the molecule is O=C(CCl)NCC1(c2cccc(Cl)c2)CCC1. The minimum Gasteiger partial charge on any atom is -0.354 e. The first-order valence-electron chi connectivity index (χ1n) is 5.75. The highest BCUT2D eigenvalue weighted by atomic mass is 35.5. The van der Waals surface area contributed by atoms with Crippen molar-refractivity contribution >= 4 is 29.1 Å². The summed E-state index contributed by atoms with van der Waals surface area (Å²) in [6.07, 6.45) is 3.38. The van der Waals surface area contributed by atoms with Crippen LogP contribution in [-0.4, -0.2) is 18.3 Å². The topological polar surface area (TPSA) is 29.1 Å². The average molecular weight is 272 g/mol. The van der Waals surface area contributed by atoms with Crippen molar-refractivity contribution in [2.24, 2.45) is 0 Å². The molecule has 1 saturated carbocycles. The van der Waals surface area contributed by atoms with Crippen LogP contribution in [-0.2, 0) is 10.2 Å². The number of carbonyl (C=O) groups excluding carboxylic acids is 1. The van der Waals surface area contributed by atoms with Crippen molar-refractivity contribution < 1.29 is 4.79 Å². The summed E-state index contributed by atoms with van der Waals surface area (Å²) in [5, 5.41) is 3.63. The van der Waals surface area contributed by atoms with Crippen LogP contribution in [0.3, 0.4) is 0 Å². The lowest BCUT2D eigenvalue weighted by molar-refractivity contribution is -0.119. The largest absolute Gasteiger partial charge is 0.354 e. The molecule has 0 saturated heterocycles. The number of nitrogens with one attached hydrogen (secondary N) is 1. The Kier molecular flexibility index (Phi) is 3.95. The maximum Gasteiger partial charge on any atom is 0.234 e. The molecule has 2 nitrogen and oxygen atoms in total. The van der Waals surface area contributed by atoms with Crippen LogP contribution in [0.1, 0.15) is 24.8 Å². The number of carbonyl (C=O) groups is 1. The first kappa shape index (κ1) is 12.7. The van der Waals surface area contributed by atoms with E-state index in [9.17, 15) is 4.79 Å². The molecular formula is C13H15Cl2NO. The summed E-state index contributed by atoms with van der Waals surface area (Å²) >= 11 is 11.5. The third kappa shape index (κ3) is 2.75. The van der Waals surface area contributed by atoms with E-state index in [1.807, 2.05) is 18.2 Å². The number of hydrogen-bond donors (Lipinski definition) is 1. The quantitative estimate of drug-likeness (QED) is 0.838. The molecule has 0 heterocycles. The fourth-order valence-electron chi connectivity index (χ4n) is 2.30. The zero-order valence-corrected chi connectivity index (χ0v) is 11.0. The van der Waals surface area contributed by atoms with E-state index in [0.29, 0.717) is 6.54 Å². The highest BCUT2D eigenvalue weighted by Gasteiger charge is 2.38. The monoisotopic (exact) mass is 271 g/mol. The number of amides is 1. The van der Waals surface area contributed by atoms with Crippen LogP contribution in [0.4, 0.5) is 0 Å². The smallest absolute Gasteiger partial charge is 0.234 e. The van der Waals surface area contributed by atoms with Gasteiger partial charge in [-0.2, -0.15) is 0 Å². The van der Waals surface area contributed by atoms with Crippen LogP contribution in [0.25, 0.3) is 0 Å². The Hall–Kier alpha value is -0.730. The third-order valence-corrected chi connectivity index (χ3v) is 3.97. The first-order valence-corrected chi connectivity index (χ1v) is 6.66. The lowest BCUT2D eigenvalue weighted by atomic mass is 9.64. The van der Waals surface area contributed by atoms with Gasteiger partial charge >= 0.3 is 0 Å². The zero-order chi connectivity index (χ0) is 12.3. The van der Waals surface area contributed by atoms with Gasteiger partial charge in [-0.1, -0.05) is 30.2 Å². The number of halogens is 2. The Morgan fingerprint density at radius 2 is 2.18 bits per heavy atom. The summed E-state index contributed by atoms with van der Waals surface area (Å²) in [7, 11) is 0. The molecule has 0 aliphatic heterocycles. The summed E-state index contributed by atoms with van der Waals surface area (Å²) in [5.41, 5.74) is 1.28. The lowest BCUT2D eigenvalue weighted by Gasteiger charge is -2.42. The molecule has 17 heavy (non-hydrogen) atoms. The molecule has 1 aliphatic carbocycles. The fraction of sp³-hybridized carbons (Fsp3) is 0.462. The molecule has 0 aromatic heterocycles. The van der Waals surface area contributed by atoms with Crippen LogP contribution in [0, 0.1) is 0 Å². The summed E-state index contributed by atoms with van der Waals surface area (Å²) in [6.45, 7) is 0.652. The molecule has 4 heteroatoms. The molecular weight excluding hydrogens is 257 g/mol. The van der Waals surface area contributed by atoms with Crippen molar-refractivity contribution in [3.8, 4) is 0 Å². The molecule has 92 valence electrons. The number of rotatable bonds is 4. The standard InChI is InChI=1S/C13H15Cl2NO/c14-8-12(17)16-9-13(5-2-6-13)10-3-1-4-11(15)7-10/h1,3-4,7H,2,5-6,8-9H2,(H,16,17). The van der Waals surface area contributed by atoms with E-state index in [1.54, 1.807) is 0 Å². The predicted octanol–water partition coefficient (Wildman–Crippen LogP) is 3.12. The molecule has 0 spiro atoms. The molecule has 1 amide bonds. The number of alkyl halides is 1. The van der Waals surface area contributed by atoms with Crippen molar-refractivity contribution in [3.63, 3.8) is 0 Å². The van der Waals surface area contributed by atoms with Crippen LogP contribution >= 0.6 is 23.2 Å². The minimum atomic E-state index is -0.111. The van der Waals surface area contributed by atoms with Gasteiger partial charge in [0, 0.05) is 17.0 Å². The van der Waals surface area contributed by atoms with Gasteiger partial charge in [-0.05, 0) is 30.5 Å². The second-order valence-electron chi connectivity index (χ2n) is 4.55. The molecule has 1 aliphatic rings. The molecule has 2 rings (SSSR count). The minimum absolute atomic E-state index is 0.0195. The van der Waals surface area contributed by atoms with Gasteiger partial charge in [0.05, 0.1) is 0 Å². The highest BCUT2D eigenvalue weighted by molar-refractivity contribution is 6.30. The van der Waals surface area contributed by atoms with Gasteiger partial charge in [-0.3, -0.25) is 4.79 Å². The van der Waals surface area contributed by atoms with E-state index in [-0.39, 0.29) is 17.2 Å². The number of hydrogen-bond acceptors (Lipinski definition) is 1. The van der Waals surface area contributed by atoms with Gasteiger partial charge in [-0.25, -0.2) is 0 Å². The van der Waals surface area contributed by atoms with Crippen LogP contribution in [0.5, 0.6) is 0 Å². The van der Waals surface area contributed by atoms with Crippen molar-refractivity contribution in [2.75, 3.05) is 12.4 Å². The van der Waals surface area contributed by atoms with E-state index < -0.39 is 0 Å². The van der Waals surface area contributed by atoms with Crippen molar-refractivity contribution in [3.05, 3.63) is 34.9 Å². The maximum absolute atomic E-state index is 11.2. The van der Waals surface area contributed by atoms with Gasteiger partial charge in [0.2, 0.25) is 5.91 Å². The average Bonchev–Trinajstić information content (AvgIpc) is 2.27. The summed E-state index contributed by atoms with van der Waals surface area (Å²) in [6, 6.07) is 7.90. The molecule has 0 radical (unpaired) electrons. The Bertz CT molecular complexity index is 416. The Morgan fingerprint density at radius 3 is 2.71 bits per heavy atom. The van der Waals surface area contributed by atoms with Gasteiger partial charge < -0.3 is 5.32 Å². The first-order chi connectivity index (χ1) is 8.16. The molecule has 0 bridgehead atoms. The lowest BCUT2D eigenvalue weighted by Crippen LogP contribution is -2.45. The second kappa shape index (κ2) is 5.28. The van der Waals surface area contributed by atoms with E-state index in [1.165, 1.54) is 12.0 Å². The Morgan fingerprint density at radius 1 is 1.41 bits per heavy atom. The van der Waals surface area contributed by atoms with Crippen molar-refractivity contribution in [1.82, 2.24) is 5.32 Å². The second-order valence-corrected chi connectivity index (χ2v) is 5.26. The molecule has 1 aromatic rings. The normalized spacial score (nSPS) is 17.3. The Labute approximate surface area is 111 Å². The van der Waals surface area contributed by atoms with Crippen molar-refractivity contribution in [1.29, 1.82) is 0 Å². The fourth-order valence-corrected chi connectivity index (χ4v) is 2.59. The summed E-state index contributed by atoms with van der Waals surface area (Å²) in [4.78, 5) is 11.2. The third-order valence-electron chi connectivity index (χ3n) is 3.49. The van der Waals surface area contributed by atoms with Gasteiger partial charge in [0.15, 0.2) is 0 Å². The van der Waals surface area contributed by atoms with Crippen LogP contribution in [0.15, 0.2) is 24.3 Å². The van der Waals surface area contributed by atoms with E-state index in [4.69, 9.17) is 23.2 Å². The van der Waals surface area contributed by atoms with Gasteiger partial charge in [0.1, 0.15) is 5.88 Å². The van der Waals surface area contributed by atoms with E-state index >= 15 is 0 Å². The molecule has 1 fully saturated rings. The summed E-state index contributed by atoms with van der Waals surface area (Å²) in [5.74, 6) is -0.0917. The van der Waals surface area contributed by atoms with E-state index in [2.05, 4.69) is 11.4 Å². The zero-order valence-electron chi connectivity index (χ0n) is 9.51. The molecule has 0 unspecified atom stereocenters. The molecule has 1 aromatic carbocycles. The summed E-state index contributed by atoms with van der Waals surface area (Å²) < 4.78 is 0. The van der Waals surface area contributed by atoms with Crippen LogP contribution in [0.2, 0.25) is 5.02 Å². The van der Waals surface area contributed by atoms with E-state index in [0.717, 1.165) is 17.9 Å². The van der Waals surface area contributed by atoms with Crippen LogP contribution < -0.4 is 5.32 Å².